The lowest BCUT2D eigenvalue weighted by atomic mass is 9.81. The van der Waals surface area contributed by atoms with Crippen molar-refractivity contribution in [3.8, 4) is 0 Å². The van der Waals surface area contributed by atoms with Crippen molar-refractivity contribution < 1.29 is 12.6 Å². The summed E-state index contributed by atoms with van der Waals surface area (Å²) < 4.78 is 28.9. The molecule has 2 rings (SSSR count). The third kappa shape index (κ3) is 1.15. The molecule has 3 nitrogen and oxygen atoms in total. The zero-order valence-electron chi connectivity index (χ0n) is 10.2. The van der Waals surface area contributed by atoms with Crippen molar-refractivity contribution in [3.63, 3.8) is 0 Å². The van der Waals surface area contributed by atoms with Crippen LogP contribution in [0.4, 0.5) is 0 Å². The largest absolute Gasteiger partial charge is 0.277 e. The molecule has 92 valence electrons. The van der Waals surface area contributed by atoms with Crippen molar-refractivity contribution in [2.24, 2.45) is 11.3 Å². The summed E-state index contributed by atoms with van der Waals surface area (Å²) in [5.74, 6) is 0.440. The summed E-state index contributed by atoms with van der Waals surface area (Å²) in [5.41, 5.74) is 0.611. The van der Waals surface area contributed by atoms with Crippen LogP contribution in [0.5, 0.6) is 0 Å². The number of rotatable bonds is 3. The van der Waals surface area contributed by atoms with Gasteiger partial charge in [-0.2, -0.15) is 8.42 Å². The molecule has 2 aliphatic carbocycles. The molecule has 2 aliphatic rings. The van der Waals surface area contributed by atoms with E-state index >= 15 is 0 Å². The van der Waals surface area contributed by atoms with E-state index in [2.05, 4.69) is 6.58 Å². The first kappa shape index (κ1) is 12.1. The van der Waals surface area contributed by atoms with Gasteiger partial charge in [0.25, 0.3) is 10.1 Å². The second kappa shape index (κ2) is 3.33. The summed E-state index contributed by atoms with van der Waals surface area (Å²) in [7, 11) is -3.54. The molecule has 0 aromatic rings. The van der Waals surface area contributed by atoms with Gasteiger partial charge < -0.3 is 0 Å². The van der Waals surface area contributed by atoms with Gasteiger partial charge in [-0.05, 0) is 37.5 Å². The van der Waals surface area contributed by atoms with Gasteiger partial charge in [-0.15, -0.1) is 0 Å². The minimum Gasteiger partial charge on any atom is -0.270 e. The van der Waals surface area contributed by atoms with E-state index in [-0.39, 0.29) is 12.0 Å². The Balaban J connectivity index is 2.55. The summed E-state index contributed by atoms with van der Waals surface area (Å²) >= 11 is 0. The maximum absolute atomic E-state index is 12.4. The fourth-order valence-electron chi connectivity index (χ4n) is 3.72. The molecule has 2 bridgehead atoms. The lowest BCUT2D eigenvalue weighted by Crippen LogP contribution is -2.47. The van der Waals surface area contributed by atoms with Crippen molar-refractivity contribution in [1.82, 2.24) is 0 Å². The summed E-state index contributed by atoms with van der Waals surface area (Å²) in [4.78, 5) is 0. The topological polar surface area (TPSA) is 43.4 Å². The van der Waals surface area contributed by atoms with Gasteiger partial charge in [0.05, 0.1) is 6.61 Å². The SMILES string of the molecule is C=C1C[C@@H]2CC[C@@]1(S(=O)(=O)OCC)C2(C)C. The molecule has 0 N–H and O–H groups in total. The number of hydrogen-bond donors (Lipinski definition) is 0. The minimum absolute atomic E-state index is 0.206. The normalized spacial score (nSPS) is 36.9. The average molecular weight is 244 g/mol. The van der Waals surface area contributed by atoms with Gasteiger partial charge >= 0.3 is 0 Å². The van der Waals surface area contributed by atoms with Crippen LogP contribution < -0.4 is 0 Å². The minimum atomic E-state index is -3.54. The van der Waals surface area contributed by atoms with E-state index < -0.39 is 14.9 Å². The van der Waals surface area contributed by atoms with E-state index in [9.17, 15) is 8.42 Å². The number of fused-ring (bicyclic) bond motifs is 2. The van der Waals surface area contributed by atoms with Crippen LogP contribution in [0.25, 0.3) is 0 Å². The van der Waals surface area contributed by atoms with Gasteiger partial charge in [-0.1, -0.05) is 26.0 Å². The van der Waals surface area contributed by atoms with Gasteiger partial charge in [-0.3, -0.25) is 4.18 Å². The molecular formula is C12H20O3S. The summed E-state index contributed by atoms with van der Waals surface area (Å²) in [6, 6.07) is 0. The highest BCUT2D eigenvalue weighted by Crippen LogP contribution is 2.65. The molecule has 0 amide bonds. The summed E-state index contributed by atoms with van der Waals surface area (Å²) in [6.45, 7) is 10.00. The van der Waals surface area contributed by atoms with Crippen LogP contribution in [0.15, 0.2) is 12.2 Å². The predicted molar refractivity (Wildman–Crippen MR) is 63.5 cm³/mol. The Bertz CT molecular complexity index is 422. The fourth-order valence-corrected chi connectivity index (χ4v) is 5.85. The Hall–Kier alpha value is -0.350. The second-order valence-electron chi connectivity index (χ2n) is 5.45. The average Bonchev–Trinajstić information content (AvgIpc) is 2.50. The molecule has 2 atom stereocenters. The summed E-state index contributed by atoms with van der Waals surface area (Å²) in [6.07, 6.45) is 2.48. The Morgan fingerprint density at radius 2 is 2.12 bits per heavy atom. The van der Waals surface area contributed by atoms with E-state index in [4.69, 9.17) is 4.18 Å². The van der Waals surface area contributed by atoms with Crippen molar-refractivity contribution in [2.75, 3.05) is 6.61 Å². The lowest BCUT2D eigenvalue weighted by molar-refractivity contribution is 0.249. The van der Waals surface area contributed by atoms with Crippen LogP contribution in [0.3, 0.4) is 0 Å². The molecule has 0 spiro atoms. The molecule has 0 aromatic carbocycles. The highest BCUT2D eigenvalue weighted by molar-refractivity contribution is 7.88. The molecule has 2 fully saturated rings. The van der Waals surface area contributed by atoms with Gasteiger partial charge in [0, 0.05) is 0 Å². The Morgan fingerprint density at radius 3 is 2.50 bits per heavy atom. The van der Waals surface area contributed by atoms with Gasteiger partial charge in [0.2, 0.25) is 0 Å². The maximum Gasteiger partial charge on any atom is 0.277 e. The van der Waals surface area contributed by atoms with E-state index in [1.807, 2.05) is 13.8 Å². The molecule has 0 heterocycles. The Kier molecular flexibility index (Phi) is 2.52. The van der Waals surface area contributed by atoms with Crippen molar-refractivity contribution >= 4 is 10.1 Å². The highest BCUT2D eigenvalue weighted by atomic mass is 32.2. The molecule has 0 aliphatic heterocycles. The maximum atomic E-state index is 12.4. The Morgan fingerprint density at radius 1 is 1.50 bits per heavy atom. The van der Waals surface area contributed by atoms with Crippen LogP contribution in [0.2, 0.25) is 0 Å². The third-order valence-corrected chi connectivity index (χ3v) is 7.09. The first-order chi connectivity index (χ1) is 7.29. The van der Waals surface area contributed by atoms with Gasteiger partial charge in [0.15, 0.2) is 0 Å². The van der Waals surface area contributed by atoms with Crippen molar-refractivity contribution in [2.45, 2.75) is 44.8 Å². The number of hydrogen-bond acceptors (Lipinski definition) is 3. The molecule has 0 radical (unpaired) electrons. The van der Waals surface area contributed by atoms with Crippen LogP contribution in [-0.4, -0.2) is 19.8 Å². The van der Waals surface area contributed by atoms with E-state index in [0.717, 1.165) is 18.4 Å². The molecule has 16 heavy (non-hydrogen) atoms. The third-order valence-electron chi connectivity index (χ3n) is 4.67. The predicted octanol–water partition coefficient (Wildman–Crippen LogP) is 2.49. The molecule has 0 unspecified atom stereocenters. The Labute approximate surface area is 98.0 Å². The molecule has 0 saturated heterocycles. The van der Waals surface area contributed by atoms with Gasteiger partial charge in [-0.25, -0.2) is 0 Å². The van der Waals surface area contributed by atoms with Crippen molar-refractivity contribution in [1.29, 1.82) is 0 Å². The fraction of sp³-hybridized carbons (Fsp3) is 0.833. The van der Waals surface area contributed by atoms with Crippen molar-refractivity contribution in [3.05, 3.63) is 12.2 Å². The van der Waals surface area contributed by atoms with Crippen LogP contribution >= 0.6 is 0 Å². The van der Waals surface area contributed by atoms with Crippen LogP contribution in [-0.2, 0) is 14.3 Å². The lowest BCUT2D eigenvalue weighted by Gasteiger charge is -2.37. The second-order valence-corrected chi connectivity index (χ2v) is 7.29. The monoisotopic (exact) mass is 244 g/mol. The van der Waals surface area contributed by atoms with E-state index in [1.165, 1.54) is 0 Å². The summed E-state index contributed by atoms with van der Waals surface area (Å²) in [5, 5.41) is 0. The van der Waals surface area contributed by atoms with Crippen LogP contribution in [0, 0.1) is 11.3 Å². The molecule has 2 saturated carbocycles. The molecule has 0 aromatic heterocycles. The zero-order valence-corrected chi connectivity index (χ0v) is 11.1. The zero-order chi connectivity index (χ0) is 12.2. The highest BCUT2D eigenvalue weighted by Gasteiger charge is 2.68. The van der Waals surface area contributed by atoms with Gasteiger partial charge in [0.1, 0.15) is 4.75 Å². The smallest absolute Gasteiger partial charge is 0.270 e. The molecule has 4 heteroatoms. The molecular weight excluding hydrogens is 224 g/mol. The first-order valence-corrected chi connectivity index (χ1v) is 7.27. The van der Waals surface area contributed by atoms with E-state index in [1.54, 1.807) is 6.92 Å². The standard InChI is InChI=1S/C12H20O3S/c1-5-15-16(13,14)12-7-6-10(8-9(12)2)11(12,3)4/h10H,2,5-8H2,1,3-4H3/t10-,12-/m0/s1. The van der Waals surface area contributed by atoms with Crippen LogP contribution in [0.1, 0.15) is 40.0 Å². The van der Waals surface area contributed by atoms with E-state index in [0.29, 0.717) is 12.3 Å². The first-order valence-electron chi connectivity index (χ1n) is 5.87. The quantitative estimate of drug-likeness (QED) is 0.566.